The average Bonchev–Trinajstić information content (AvgIpc) is 2.14. The van der Waals surface area contributed by atoms with Crippen molar-refractivity contribution in [3.63, 3.8) is 0 Å². The van der Waals surface area contributed by atoms with Gasteiger partial charge in [-0.25, -0.2) is 0 Å². The van der Waals surface area contributed by atoms with Gasteiger partial charge in [0.05, 0.1) is 0 Å². The average molecular weight is 146 g/mol. The molecule has 1 unspecified atom stereocenters. The molecule has 1 aliphatic rings. The quantitative estimate of drug-likeness (QED) is 0.604. The summed E-state index contributed by atoms with van der Waals surface area (Å²) < 4.78 is 0. The number of carboxylic acid groups (broad SMARTS) is 1. The van der Waals surface area contributed by atoms with Gasteiger partial charge in [-0.05, 0) is 18.1 Å². The molecule has 1 heterocycles. The van der Waals surface area contributed by atoms with Gasteiger partial charge in [0.15, 0.2) is 0 Å². The Morgan fingerprint density at radius 2 is 2.44 bits per heavy atom. The standard InChI is InChI=1S/C6H10O2S/c1-4-2-5(6(7)8)9-3-4/h4-5H,2-3H2,1H3,(H,7,8)/t4-,5?/m0/s1. The lowest BCUT2D eigenvalue weighted by atomic mass is 10.1. The van der Waals surface area contributed by atoms with Crippen molar-refractivity contribution in [2.24, 2.45) is 5.92 Å². The summed E-state index contributed by atoms with van der Waals surface area (Å²) in [5.41, 5.74) is 0. The molecular weight excluding hydrogens is 136 g/mol. The van der Waals surface area contributed by atoms with Crippen LogP contribution in [0.15, 0.2) is 0 Å². The van der Waals surface area contributed by atoms with Gasteiger partial charge in [-0.2, -0.15) is 0 Å². The van der Waals surface area contributed by atoms with Gasteiger partial charge < -0.3 is 5.11 Å². The highest BCUT2D eigenvalue weighted by molar-refractivity contribution is 8.00. The SMILES string of the molecule is C[C@@H]1CSC(C(=O)O)C1. The molecule has 1 aliphatic heterocycles. The number of hydrogen-bond donors (Lipinski definition) is 1. The first-order chi connectivity index (χ1) is 4.20. The molecule has 0 amide bonds. The zero-order valence-electron chi connectivity index (χ0n) is 5.33. The minimum Gasteiger partial charge on any atom is -0.480 e. The third kappa shape index (κ3) is 1.61. The highest BCUT2D eigenvalue weighted by Crippen LogP contribution is 2.30. The molecular formula is C6H10O2S. The number of carboxylic acids is 1. The van der Waals surface area contributed by atoms with Crippen molar-refractivity contribution < 1.29 is 9.90 Å². The van der Waals surface area contributed by atoms with E-state index in [0.717, 1.165) is 12.2 Å². The van der Waals surface area contributed by atoms with Crippen LogP contribution in [-0.2, 0) is 4.79 Å². The summed E-state index contributed by atoms with van der Waals surface area (Å²) in [6, 6.07) is 0. The van der Waals surface area contributed by atoms with Gasteiger partial charge in [0, 0.05) is 0 Å². The largest absolute Gasteiger partial charge is 0.480 e. The molecule has 9 heavy (non-hydrogen) atoms. The first kappa shape index (κ1) is 6.93. The first-order valence-corrected chi connectivity index (χ1v) is 4.09. The third-order valence-electron chi connectivity index (χ3n) is 1.47. The second-order valence-corrected chi connectivity index (χ2v) is 3.74. The second kappa shape index (κ2) is 2.60. The van der Waals surface area contributed by atoms with Gasteiger partial charge in [0.1, 0.15) is 5.25 Å². The summed E-state index contributed by atoms with van der Waals surface area (Å²) in [6.07, 6.45) is 0.847. The van der Waals surface area contributed by atoms with Crippen LogP contribution in [0.1, 0.15) is 13.3 Å². The van der Waals surface area contributed by atoms with Crippen molar-refractivity contribution in [1.29, 1.82) is 0 Å². The van der Waals surface area contributed by atoms with Gasteiger partial charge in [0.25, 0.3) is 0 Å². The molecule has 1 rings (SSSR count). The van der Waals surface area contributed by atoms with E-state index < -0.39 is 5.97 Å². The van der Waals surface area contributed by atoms with Crippen LogP contribution in [0.25, 0.3) is 0 Å². The van der Waals surface area contributed by atoms with E-state index in [1.54, 1.807) is 11.8 Å². The van der Waals surface area contributed by atoms with Gasteiger partial charge in [0.2, 0.25) is 0 Å². The highest BCUT2D eigenvalue weighted by atomic mass is 32.2. The summed E-state index contributed by atoms with van der Waals surface area (Å²) in [5, 5.41) is 8.39. The van der Waals surface area contributed by atoms with Crippen molar-refractivity contribution in [2.45, 2.75) is 18.6 Å². The van der Waals surface area contributed by atoms with E-state index in [-0.39, 0.29) is 5.25 Å². The Labute approximate surface area is 58.6 Å². The van der Waals surface area contributed by atoms with Gasteiger partial charge in [-0.3, -0.25) is 4.79 Å². The molecule has 52 valence electrons. The van der Waals surface area contributed by atoms with Crippen molar-refractivity contribution in [1.82, 2.24) is 0 Å². The Bertz CT molecular complexity index is 124. The van der Waals surface area contributed by atoms with Crippen LogP contribution in [0.2, 0.25) is 0 Å². The van der Waals surface area contributed by atoms with Crippen LogP contribution in [0.4, 0.5) is 0 Å². The maximum atomic E-state index is 10.3. The summed E-state index contributed by atoms with van der Waals surface area (Å²) >= 11 is 1.56. The Hall–Kier alpha value is -0.180. The lowest BCUT2D eigenvalue weighted by Crippen LogP contribution is -2.12. The van der Waals surface area contributed by atoms with E-state index in [1.165, 1.54) is 0 Å². The predicted octanol–water partition coefficient (Wildman–Crippen LogP) is 1.21. The zero-order chi connectivity index (χ0) is 6.85. The number of hydrogen-bond acceptors (Lipinski definition) is 2. The van der Waals surface area contributed by atoms with Crippen LogP contribution in [0, 0.1) is 5.92 Å². The first-order valence-electron chi connectivity index (χ1n) is 3.04. The normalized spacial score (nSPS) is 34.8. The molecule has 1 N–H and O–H groups in total. The fourth-order valence-corrected chi connectivity index (χ4v) is 2.26. The van der Waals surface area contributed by atoms with Crippen molar-refractivity contribution in [3.05, 3.63) is 0 Å². The minimum absolute atomic E-state index is 0.125. The Morgan fingerprint density at radius 1 is 1.78 bits per heavy atom. The van der Waals surface area contributed by atoms with E-state index in [0.29, 0.717) is 5.92 Å². The van der Waals surface area contributed by atoms with E-state index in [9.17, 15) is 4.79 Å². The molecule has 3 heteroatoms. The number of carbonyl (C=O) groups is 1. The van der Waals surface area contributed by atoms with E-state index in [1.807, 2.05) is 0 Å². The monoisotopic (exact) mass is 146 g/mol. The van der Waals surface area contributed by atoms with Crippen LogP contribution < -0.4 is 0 Å². The summed E-state index contributed by atoms with van der Waals surface area (Å²) in [4.78, 5) is 10.3. The molecule has 0 radical (unpaired) electrons. The van der Waals surface area contributed by atoms with Crippen LogP contribution in [-0.4, -0.2) is 22.1 Å². The number of thioether (sulfide) groups is 1. The Morgan fingerprint density at radius 3 is 2.67 bits per heavy atom. The van der Waals surface area contributed by atoms with Crippen molar-refractivity contribution >= 4 is 17.7 Å². The smallest absolute Gasteiger partial charge is 0.316 e. The maximum Gasteiger partial charge on any atom is 0.316 e. The second-order valence-electron chi connectivity index (χ2n) is 2.50. The molecule has 0 aromatic rings. The van der Waals surface area contributed by atoms with E-state index >= 15 is 0 Å². The lowest BCUT2D eigenvalue weighted by Gasteiger charge is -1.98. The number of aliphatic carboxylic acids is 1. The predicted molar refractivity (Wildman–Crippen MR) is 37.7 cm³/mol. The van der Waals surface area contributed by atoms with E-state index in [2.05, 4.69) is 6.92 Å². The highest BCUT2D eigenvalue weighted by Gasteiger charge is 2.27. The molecule has 0 saturated carbocycles. The molecule has 0 aromatic carbocycles. The molecule has 1 fully saturated rings. The Balaban J connectivity index is 2.39. The van der Waals surface area contributed by atoms with Gasteiger partial charge in [-0.1, -0.05) is 6.92 Å². The van der Waals surface area contributed by atoms with Crippen molar-refractivity contribution in [2.75, 3.05) is 5.75 Å². The molecule has 0 bridgehead atoms. The summed E-state index contributed by atoms with van der Waals surface area (Å²) in [6.45, 7) is 2.09. The molecule has 0 aliphatic carbocycles. The molecule has 0 spiro atoms. The fraction of sp³-hybridized carbons (Fsp3) is 0.833. The van der Waals surface area contributed by atoms with Crippen LogP contribution >= 0.6 is 11.8 Å². The minimum atomic E-state index is -0.649. The zero-order valence-corrected chi connectivity index (χ0v) is 6.15. The van der Waals surface area contributed by atoms with Crippen LogP contribution in [0.3, 0.4) is 0 Å². The molecule has 2 atom stereocenters. The molecule has 1 saturated heterocycles. The lowest BCUT2D eigenvalue weighted by molar-refractivity contribution is -0.136. The summed E-state index contributed by atoms with van der Waals surface area (Å²) in [7, 11) is 0. The molecule has 0 aromatic heterocycles. The summed E-state index contributed by atoms with van der Waals surface area (Å²) in [5.74, 6) is 0.956. The topological polar surface area (TPSA) is 37.3 Å². The third-order valence-corrected chi connectivity index (χ3v) is 3.03. The molecule has 2 nitrogen and oxygen atoms in total. The van der Waals surface area contributed by atoms with Gasteiger partial charge in [-0.15, -0.1) is 11.8 Å². The number of rotatable bonds is 1. The van der Waals surface area contributed by atoms with Crippen molar-refractivity contribution in [3.8, 4) is 0 Å². The van der Waals surface area contributed by atoms with Gasteiger partial charge >= 0.3 is 5.97 Å². The fourth-order valence-electron chi connectivity index (χ4n) is 0.954. The van der Waals surface area contributed by atoms with E-state index in [4.69, 9.17) is 5.11 Å². The maximum absolute atomic E-state index is 10.3. The Kier molecular flexibility index (Phi) is 2.01. The van der Waals surface area contributed by atoms with Crippen LogP contribution in [0.5, 0.6) is 0 Å².